The summed E-state index contributed by atoms with van der Waals surface area (Å²) in [5, 5.41) is 12.5. The first kappa shape index (κ1) is 17.4. The van der Waals surface area contributed by atoms with E-state index in [2.05, 4.69) is 5.32 Å². The molecule has 1 amide bonds. The molecule has 3 rings (SSSR count). The Labute approximate surface area is 145 Å². The highest BCUT2D eigenvalue weighted by Gasteiger charge is 2.34. The number of benzene rings is 2. The molecule has 1 saturated heterocycles. The number of likely N-dealkylation sites (N-methyl/N-ethyl adjacent to an activating group) is 1. The van der Waals surface area contributed by atoms with Gasteiger partial charge < -0.3 is 10.4 Å². The van der Waals surface area contributed by atoms with E-state index in [1.807, 2.05) is 11.9 Å². The van der Waals surface area contributed by atoms with E-state index in [9.17, 15) is 18.7 Å². The van der Waals surface area contributed by atoms with Gasteiger partial charge in [-0.15, -0.1) is 0 Å². The van der Waals surface area contributed by atoms with Crippen LogP contribution < -0.4 is 5.32 Å². The predicted octanol–water partition coefficient (Wildman–Crippen LogP) is 2.77. The number of nitrogens with zero attached hydrogens (tertiary/aromatic N) is 1. The molecule has 6 heteroatoms. The van der Waals surface area contributed by atoms with E-state index in [1.165, 1.54) is 6.07 Å². The van der Waals surface area contributed by atoms with E-state index in [1.54, 1.807) is 30.3 Å². The van der Waals surface area contributed by atoms with Gasteiger partial charge in [0, 0.05) is 12.6 Å². The number of rotatable bonds is 4. The van der Waals surface area contributed by atoms with Crippen molar-refractivity contribution in [1.82, 2.24) is 10.2 Å². The van der Waals surface area contributed by atoms with Gasteiger partial charge >= 0.3 is 0 Å². The maximum Gasteiger partial charge on any atom is 0.224 e. The largest absolute Gasteiger partial charge is 0.508 e. The highest BCUT2D eigenvalue weighted by atomic mass is 19.2. The van der Waals surface area contributed by atoms with Crippen LogP contribution in [0, 0.1) is 11.6 Å². The maximum absolute atomic E-state index is 13.6. The summed E-state index contributed by atoms with van der Waals surface area (Å²) in [7, 11) is 1.90. The zero-order valence-corrected chi connectivity index (χ0v) is 13.9. The fourth-order valence-corrected chi connectivity index (χ4v) is 3.39. The lowest BCUT2D eigenvalue weighted by molar-refractivity contribution is -0.121. The third-order valence-electron chi connectivity index (χ3n) is 4.56. The number of hydrogen-bond donors (Lipinski definition) is 2. The molecule has 0 bridgehead atoms. The lowest BCUT2D eigenvalue weighted by Crippen LogP contribution is -2.39. The molecule has 0 saturated carbocycles. The summed E-state index contributed by atoms with van der Waals surface area (Å²) in [4.78, 5) is 14.4. The second-order valence-corrected chi connectivity index (χ2v) is 6.41. The van der Waals surface area contributed by atoms with Gasteiger partial charge in [0.15, 0.2) is 11.6 Å². The second-order valence-electron chi connectivity index (χ2n) is 6.41. The molecule has 1 heterocycles. The van der Waals surface area contributed by atoms with Crippen LogP contribution in [0.15, 0.2) is 42.5 Å². The van der Waals surface area contributed by atoms with Gasteiger partial charge in [-0.25, -0.2) is 8.78 Å². The van der Waals surface area contributed by atoms with Crippen molar-refractivity contribution in [2.45, 2.75) is 24.9 Å². The van der Waals surface area contributed by atoms with Gasteiger partial charge in [-0.2, -0.15) is 0 Å². The Balaban J connectivity index is 1.72. The first-order valence-corrected chi connectivity index (χ1v) is 8.16. The van der Waals surface area contributed by atoms with Crippen LogP contribution in [0.25, 0.3) is 0 Å². The smallest absolute Gasteiger partial charge is 0.224 e. The van der Waals surface area contributed by atoms with E-state index in [0.717, 1.165) is 19.0 Å². The van der Waals surface area contributed by atoms with Crippen molar-refractivity contribution >= 4 is 5.91 Å². The predicted molar refractivity (Wildman–Crippen MR) is 90.1 cm³/mol. The van der Waals surface area contributed by atoms with Crippen molar-refractivity contribution < 1.29 is 18.7 Å². The van der Waals surface area contributed by atoms with E-state index < -0.39 is 11.6 Å². The van der Waals surface area contributed by atoms with Crippen molar-refractivity contribution in [1.29, 1.82) is 0 Å². The molecule has 2 aromatic carbocycles. The normalized spacial score (nSPS) is 20.6. The van der Waals surface area contributed by atoms with Gasteiger partial charge in [0.1, 0.15) is 5.75 Å². The van der Waals surface area contributed by atoms with E-state index in [-0.39, 0.29) is 30.2 Å². The number of nitrogens with one attached hydrogen (secondary N) is 1. The maximum atomic E-state index is 13.6. The van der Waals surface area contributed by atoms with Crippen molar-refractivity contribution in [3.05, 3.63) is 65.2 Å². The Morgan fingerprint density at radius 1 is 1.24 bits per heavy atom. The molecule has 0 aromatic heterocycles. The number of carbonyl (C=O) groups is 1. The monoisotopic (exact) mass is 346 g/mol. The molecule has 132 valence electrons. The van der Waals surface area contributed by atoms with Gasteiger partial charge in [0.25, 0.3) is 0 Å². The van der Waals surface area contributed by atoms with Crippen LogP contribution >= 0.6 is 0 Å². The van der Waals surface area contributed by atoms with Crippen molar-refractivity contribution in [3.8, 4) is 5.75 Å². The molecular formula is C19H20F2N2O2. The summed E-state index contributed by atoms with van der Waals surface area (Å²) in [5.74, 6) is -1.82. The lowest BCUT2D eigenvalue weighted by atomic mass is 9.99. The number of amides is 1. The van der Waals surface area contributed by atoms with Gasteiger partial charge in [0.2, 0.25) is 5.91 Å². The van der Waals surface area contributed by atoms with E-state index in [4.69, 9.17) is 0 Å². The molecule has 1 aliphatic heterocycles. The van der Waals surface area contributed by atoms with Crippen LogP contribution in [0.2, 0.25) is 0 Å². The summed E-state index contributed by atoms with van der Waals surface area (Å²) in [6.07, 6.45) is 0.880. The number of halogens is 2. The molecule has 4 nitrogen and oxygen atoms in total. The molecule has 0 aliphatic carbocycles. The zero-order valence-electron chi connectivity index (χ0n) is 13.9. The Morgan fingerprint density at radius 3 is 2.76 bits per heavy atom. The van der Waals surface area contributed by atoms with Crippen LogP contribution in [0.4, 0.5) is 8.78 Å². The summed E-state index contributed by atoms with van der Waals surface area (Å²) < 4.78 is 26.8. The first-order valence-electron chi connectivity index (χ1n) is 8.16. The van der Waals surface area contributed by atoms with Gasteiger partial charge in [-0.1, -0.05) is 18.2 Å². The standard InChI is InChI=1S/C19H20F2N2O2/c1-23-8-7-17(19(23)13-5-6-15(20)16(21)11-13)22-18(25)10-12-3-2-4-14(24)9-12/h2-6,9,11,17,19,24H,7-8,10H2,1H3,(H,22,25)/t17-,19+/m1/s1. The van der Waals surface area contributed by atoms with Crippen LogP contribution in [-0.4, -0.2) is 35.5 Å². The third kappa shape index (κ3) is 3.96. The fourth-order valence-electron chi connectivity index (χ4n) is 3.39. The number of carbonyl (C=O) groups excluding carboxylic acids is 1. The van der Waals surface area contributed by atoms with Gasteiger partial charge in [0.05, 0.1) is 12.5 Å². The minimum atomic E-state index is -0.886. The average molecular weight is 346 g/mol. The highest BCUT2D eigenvalue weighted by Crippen LogP contribution is 2.31. The number of aromatic hydroxyl groups is 1. The molecule has 1 aliphatic rings. The molecule has 25 heavy (non-hydrogen) atoms. The molecule has 0 radical (unpaired) electrons. The Kier molecular flexibility index (Phi) is 4.99. The van der Waals surface area contributed by atoms with Crippen LogP contribution in [0.3, 0.4) is 0 Å². The average Bonchev–Trinajstić information content (AvgIpc) is 2.90. The molecular weight excluding hydrogens is 326 g/mol. The van der Waals surface area contributed by atoms with Crippen molar-refractivity contribution in [2.24, 2.45) is 0 Å². The van der Waals surface area contributed by atoms with E-state index in [0.29, 0.717) is 11.1 Å². The number of phenols is 1. The van der Waals surface area contributed by atoms with E-state index >= 15 is 0 Å². The van der Waals surface area contributed by atoms with Crippen molar-refractivity contribution in [2.75, 3.05) is 13.6 Å². The molecule has 2 atom stereocenters. The Morgan fingerprint density at radius 2 is 2.04 bits per heavy atom. The third-order valence-corrected chi connectivity index (χ3v) is 4.56. The molecule has 0 spiro atoms. The van der Waals surface area contributed by atoms with Gasteiger partial charge in [-0.3, -0.25) is 9.69 Å². The zero-order chi connectivity index (χ0) is 18.0. The summed E-state index contributed by atoms with van der Waals surface area (Å²) in [6.45, 7) is 0.751. The summed E-state index contributed by atoms with van der Waals surface area (Å²) in [5.41, 5.74) is 1.36. The minimum Gasteiger partial charge on any atom is -0.508 e. The Hall–Kier alpha value is -2.47. The Bertz CT molecular complexity index is 782. The topological polar surface area (TPSA) is 52.6 Å². The molecule has 1 fully saturated rings. The quantitative estimate of drug-likeness (QED) is 0.895. The molecule has 2 aromatic rings. The summed E-state index contributed by atoms with van der Waals surface area (Å²) >= 11 is 0. The highest BCUT2D eigenvalue weighted by molar-refractivity contribution is 5.79. The van der Waals surface area contributed by atoms with Crippen LogP contribution in [-0.2, 0) is 11.2 Å². The number of phenolic OH excluding ortho intramolecular Hbond substituents is 1. The SMILES string of the molecule is CN1CC[C@@H](NC(=O)Cc2cccc(O)c2)[C@@H]1c1ccc(F)c(F)c1. The van der Waals surface area contributed by atoms with Crippen LogP contribution in [0.1, 0.15) is 23.6 Å². The minimum absolute atomic E-state index is 0.116. The lowest BCUT2D eigenvalue weighted by Gasteiger charge is -2.26. The number of hydrogen-bond acceptors (Lipinski definition) is 3. The van der Waals surface area contributed by atoms with Gasteiger partial charge in [-0.05, 0) is 48.9 Å². The number of likely N-dealkylation sites (tertiary alicyclic amines) is 1. The summed E-state index contributed by atoms with van der Waals surface area (Å²) in [6, 6.07) is 10.0. The molecule has 2 N–H and O–H groups in total. The van der Waals surface area contributed by atoms with Crippen LogP contribution in [0.5, 0.6) is 5.75 Å². The second kappa shape index (κ2) is 7.19. The fraction of sp³-hybridized carbons (Fsp3) is 0.316. The van der Waals surface area contributed by atoms with Crippen molar-refractivity contribution in [3.63, 3.8) is 0 Å². The first-order chi connectivity index (χ1) is 11.9. The molecule has 0 unspecified atom stereocenters.